The van der Waals surface area contributed by atoms with E-state index in [4.69, 9.17) is 18.9 Å². The van der Waals surface area contributed by atoms with Gasteiger partial charge in [-0.15, -0.1) is 0 Å². The highest BCUT2D eigenvalue weighted by Gasteiger charge is 2.84. The molecule has 0 unspecified atom stereocenters. The molecule has 3 heterocycles. The molecule has 10 nitrogen and oxygen atoms in total. The second kappa shape index (κ2) is 11.6. The molecule has 8 rings (SSSR count). The predicted octanol–water partition coefficient (Wildman–Crippen LogP) is 4.43. The van der Waals surface area contributed by atoms with E-state index in [9.17, 15) is 19.8 Å². The molecule has 0 aromatic heterocycles. The Morgan fingerprint density at radius 3 is 2.46 bits per heavy atom. The summed E-state index contributed by atoms with van der Waals surface area (Å²) in [5.41, 5.74) is -1.15. The van der Waals surface area contributed by atoms with Gasteiger partial charge in [0.05, 0.1) is 49.2 Å². The van der Waals surface area contributed by atoms with E-state index in [0.717, 1.165) is 51.6 Å². The Hall–Kier alpha value is -1.30. The van der Waals surface area contributed by atoms with Crippen molar-refractivity contribution in [2.45, 2.75) is 162 Å². The number of ether oxygens (including phenoxy) is 4. The number of hydrogen-bond donors (Lipinski definition) is 3. The van der Waals surface area contributed by atoms with Crippen LogP contribution in [0.25, 0.3) is 0 Å². The van der Waals surface area contributed by atoms with Gasteiger partial charge in [0, 0.05) is 25.4 Å². The highest BCUT2D eigenvalue weighted by Crippen LogP contribution is 2.89. The first-order valence-corrected chi connectivity index (χ1v) is 19.9. The Bertz CT molecular complexity index is 1380. The minimum Gasteiger partial charge on any atom is -0.457 e. The summed E-state index contributed by atoms with van der Waals surface area (Å²) < 4.78 is 25.6. The van der Waals surface area contributed by atoms with E-state index in [-0.39, 0.29) is 69.4 Å². The Morgan fingerprint density at radius 1 is 1.06 bits per heavy atom. The fourth-order valence-electron chi connectivity index (χ4n) is 14.7. The molecular weight excluding hydrogens is 636 g/mol. The third-order valence-electron chi connectivity index (χ3n) is 16.9. The summed E-state index contributed by atoms with van der Waals surface area (Å²) in [5.74, 6) is 1.13. The molecule has 0 radical (unpaired) electrons. The van der Waals surface area contributed by atoms with Gasteiger partial charge < -0.3 is 34.5 Å². The molecule has 3 aliphatic heterocycles. The standard InChI is InChI=1S/C40H64N2O8/c1-22-19-25(33(36(5,6)46)48-23(2)43)49-31-30(22)37(7)14-15-40-21-39(40)13-11-28(35(3,4)26(39)9-10-27(40)38(37,8)32(31)44)50-29-20-42(17-18-47-29)24-12-16-41-34(24)45/h22,24-33,44,46H,9-21H2,1-8H3,(H,41,45)/t22-,24-,25-,26+,27+,28+,29+,30+,31+,32+,33+,37-,38-,39-,40+/m1/s1. The van der Waals surface area contributed by atoms with Crippen LogP contribution in [0.2, 0.25) is 0 Å². The molecule has 1 amide bonds. The molecule has 0 aromatic carbocycles. The highest BCUT2D eigenvalue weighted by atomic mass is 16.7. The molecule has 0 bridgehead atoms. The van der Waals surface area contributed by atoms with Gasteiger partial charge in [-0.1, -0.05) is 34.6 Å². The van der Waals surface area contributed by atoms with Crippen molar-refractivity contribution in [3.05, 3.63) is 0 Å². The van der Waals surface area contributed by atoms with Crippen LogP contribution in [0.15, 0.2) is 0 Å². The molecule has 2 spiro atoms. The monoisotopic (exact) mass is 700 g/mol. The zero-order valence-electron chi connectivity index (χ0n) is 31.8. The SMILES string of the molecule is CC(=O)O[C@@H]([C@H]1C[C@@H](C)[C@H]2[C@H](O1)[C@H](O)[C@@]1(C)[C@@H]3CC[C@H]4C(C)(C)[C@@H](O[C@H]5CN([C@@H]6CCNC6=O)CCO5)CC[C@@]45C[C@@]35CC[C@]21C)C(C)(C)O. The van der Waals surface area contributed by atoms with Crippen LogP contribution in [-0.2, 0) is 28.5 Å². The summed E-state index contributed by atoms with van der Waals surface area (Å²) in [5, 5.41) is 26.6. The maximum absolute atomic E-state index is 12.6. The molecule has 10 heteroatoms. The Morgan fingerprint density at radius 2 is 1.78 bits per heavy atom. The lowest BCUT2D eigenvalue weighted by Crippen LogP contribution is -2.60. The van der Waals surface area contributed by atoms with Gasteiger partial charge in [0.1, 0.15) is 0 Å². The fraction of sp³-hybridized carbons (Fsp3) is 0.950. The van der Waals surface area contributed by atoms with Crippen LogP contribution in [0.4, 0.5) is 0 Å². The topological polar surface area (TPSA) is 127 Å². The largest absolute Gasteiger partial charge is 0.457 e. The number of nitrogens with one attached hydrogen (secondary N) is 1. The zero-order valence-corrected chi connectivity index (χ0v) is 31.8. The van der Waals surface area contributed by atoms with Gasteiger partial charge >= 0.3 is 5.97 Å². The van der Waals surface area contributed by atoms with E-state index in [1.807, 2.05) is 0 Å². The lowest BCUT2D eigenvalue weighted by atomic mass is 9.41. The van der Waals surface area contributed by atoms with Gasteiger partial charge in [-0.25, -0.2) is 0 Å². The Kier molecular flexibility index (Phi) is 8.29. The van der Waals surface area contributed by atoms with E-state index in [1.54, 1.807) is 13.8 Å². The minimum atomic E-state index is -1.26. The number of carbonyl (C=O) groups is 2. The van der Waals surface area contributed by atoms with Crippen molar-refractivity contribution in [2.75, 3.05) is 26.2 Å². The van der Waals surface area contributed by atoms with Crippen molar-refractivity contribution in [2.24, 2.45) is 50.7 Å². The zero-order chi connectivity index (χ0) is 35.8. The van der Waals surface area contributed by atoms with Crippen LogP contribution in [0.5, 0.6) is 0 Å². The van der Waals surface area contributed by atoms with E-state index >= 15 is 0 Å². The average Bonchev–Trinajstić information content (AvgIpc) is 3.44. The summed E-state index contributed by atoms with van der Waals surface area (Å²) in [6.07, 6.45) is 7.04. The lowest BCUT2D eigenvalue weighted by molar-refractivity contribution is -0.250. The molecule has 50 heavy (non-hydrogen) atoms. The van der Waals surface area contributed by atoms with Crippen molar-refractivity contribution >= 4 is 11.9 Å². The van der Waals surface area contributed by atoms with Crippen LogP contribution in [0.3, 0.4) is 0 Å². The third kappa shape index (κ3) is 4.79. The molecule has 8 fully saturated rings. The number of amides is 1. The first-order valence-electron chi connectivity index (χ1n) is 19.9. The Balaban J connectivity index is 1.02. The van der Waals surface area contributed by atoms with Gasteiger partial charge in [-0.2, -0.15) is 0 Å². The van der Waals surface area contributed by atoms with Gasteiger partial charge in [-0.05, 0) is 117 Å². The van der Waals surface area contributed by atoms with Gasteiger partial charge in [0.15, 0.2) is 12.4 Å². The van der Waals surface area contributed by atoms with Crippen LogP contribution < -0.4 is 5.32 Å². The van der Waals surface area contributed by atoms with Crippen LogP contribution in [0.1, 0.15) is 113 Å². The molecule has 5 aliphatic carbocycles. The van der Waals surface area contributed by atoms with Crippen molar-refractivity contribution < 1.29 is 38.7 Å². The normalized spacial score (nSPS) is 51.7. The molecule has 15 atom stereocenters. The summed E-state index contributed by atoms with van der Waals surface area (Å²) >= 11 is 0. The van der Waals surface area contributed by atoms with E-state index in [2.05, 4.69) is 44.8 Å². The molecule has 8 aliphatic rings. The first kappa shape index (κ1) is 35.7. The Labute approximate surface area is 299 Å². The van der Waals surface area contributed by atoms with Crippen molar-refractivity contribution in [3.63, 3.8) is 0 Å². The predicted molar refractivity (Wildman–Crippen MR) is 186 cm³/mol. The maximum Gasteiger partial charge on any atom is 0.303 e. The van der Waals surface area contributed by atoms with Gasteiger partial charge in [0.25, 0.3) is 0 Å². The maximum atomic E-state index is 12.6. The number of esters is 1. The van der Waals surface area contributed by atoms with Gasteiger partial charge in [-0.3, -0.25) is 14.5 Å². The molecule has 3 saturated heterocycles. The molecule has 3 N–H and O–H groups in total. The number of aliphatic hydroxyl groups excluding tert-OH is 1. The second-order valence-corrected chi connectivity index (χ2v) is 19.8. The smallest absolute Gasteiger partial charge is 0.303 e. The number of morpholine rings is 1. The summed E-state index contributed by atoms with van der Waals surface area (Å²) in [7, 11) is 0. The van der Waals surface area contributed by atoms with Gasteiger partial charge in [0.2, 0.25) is 5.91 Å². The number of rotatable bonds is 6. The van der Waals surface area contributed by atoms with Crippen LogP contribution >= 0.6 is 0 Å². The van der Waals surface area contributed by atoms with E-state index in [1.165, 1.54) is 19.8 Å². The summed E-state index contributed by atoms with van der Waals surface area (Å²) in [6, 6.07) is -0.0709. The summed E-state index contributed by atoms with van der Waals surface area (Å²) in [4.78, 5) is 26.8. The molecule has 282 valence electrons. The van der Waals surface area contributed by atoms with Crippen molar-refractivity contribution in [1.29, 1.82) is 0 Å². The van der Waals surface area contributed by atoms with E-state index in [0.29, 0.717) is 31.4 Å². The molecular formula is C40H64N2O8. The highest BCUT2D eigenvalue weighted by molar-refractivity contribution is 5.83. The molecule has 0 aromatic rings. The van der Waals surface area contributed by atoms with Crippen molar-refractivity contribution in [1.82, 2.24) is 10.2 Å². The van der Waals surface area contributed by atoms with Crippen molar-refractivity contribution in [3.8, 4) is 0 Å². The third-order valence-corrected chi connectivity index (χ3v) is 16.9. The molecule has 5 saturated carbocycles. The number of fused-ring (bicyclic) bond motifs is 4. The van der Waals surface area contributed by atoms with Crippen LogP contribution in [0, 0.1) is 50.7 Å². The van der Waals surface area contributed by atoms with E-state index < -0.39 is 29.9 Å². The first-order chi connectivity index (χ1) is 23.4. The average molecular weight is 701 g/mol. The van der Waals surface area contributed by atoms with Crippen LogP contribution in [-0.4, -0.2) is 102 Å². The number of hydrogen-bond acceptors (Lipinski definition) is 9. The number of nitrogens with zero attached hydrogens (tertiary/aromatic N) is 1. The minimum absolute atomic E-state index is 0.0132. The summed E-state index contributed by atoms with van der Waals surface area (Å²) in [6.45, 7) is 19.5. The second-order valence-electron chi connectivity index (χ2n) is 19.8. The number of carbonyl (C=O) groups excluding carboxylic acids is 2. The number of aliphatic hydroxyl groups is 2. The quantitative estimate of drug-likeness (QED) is 0.345. The lowest BCUT2D eigenvalue weighted by Gasteiger charge is -2.64. The fourth-order valence-corrected chi connectivity index (χ4v) is 14.7.